The smallest absolute Gasteiger partial charge is 0.163 e. The molecule has 4 heterocycles. The van der Waals surface area contributed by atoms with Gasteiger partial charge in [-0.1, -0.05) is 72.8 Å². The number of rotatable bonds is 18. The van der Waals surface area contributed by atoms with E-state index < -0.39 is 0 Å². The summed E-state index contributed by atoms with van der Waals surface area (Å²) >= 11 is 0. The zero-order valence-corrected chi connectivity index (χ0v) is 32.3. The van der Waals surface area contributed by atoms with Crippen LogP contribution in [0.1, 0.15) is 28.3 Å². The molecule has 4 aromatic heterocycles. The van der Waals surface area contributed by atoms with Crippen molar-refractivity contribution in [1.29, 1.82) is 0 Å². The highest BCUT2D eigenvalue weighted by Crippen LogP contribution is 2.33. The van der Waals surface area contributed by atoms with Crippen LogP contribution in [0.25, 0.3) is 21.5 Å². The van der Waals surface area contributed by atoms with E-state index >= 15 is 0 Å². The summed E-state index contributed by atoms with van der Waals surface area (Å²) in [6.45, 7) is 4.82. The van der Waals surface area contributed by atoms with Crippen molar-refractivity contribution in [2.24, 2.45) is 4.99 Å². The monoisotopic (exact) mass is 763 g/mol. The van der Waals surface area contributed by atoms with E-state index in [1.807, 2.05) is 122 Å². The Morgan fingerprint density at radius 2 is 0.879 bits per heavy atom. The third-order valence-electron chi connectivity index (χ3n) is 9.86. The summed E-state index contributed by atoms with van der Waals surface area (Å²) in [5, 5.41) is 4.67. The lowest BCUT2D eigenvalue weighted by atomic mass is 9.97. The van der Waals surface area contributed by atoms with Crippen molar-refractivity contribution in [3.63, 3.8) is 0 Å². The Morgan fingerprint density at radius 3 is 1.33 bits per heavy atom. The van der Waals surface area contributed by atoms with E-state index in [1.54, 1.807) is 0 Å². The Balaban J connectivity index is 1.04. The number of aliphatic imine (C=N–C) groups is 1. The molecule has 9 heteroatoms. The van der Waals surface area contributed by atoms with Crippen LogP contribution in [0.4, 0.5) is 5.69 Å². The largest absolute Gasteiger partial charge is 0.488 e. The number of fused-ring (bicyclic) bond motifs is 2. The maximum Gasteiger partial charge on any atom is 0.163 e. The molecule has 4 aromatic carbocycles. The molecular formula is C49H45N7O2. The first-order valence-corrected chi connectivity index (χ1v) is 19.6. The quantitative estimate of drug-likeness (QED) is 0.0631. The normalized spacial score (nSPS) is 11.6. The molecule has 0 atom stereocenters. The average molecular weight is 764 g/mol. The van der Waals surface area contributed by atoms with E-state index in [0.717, 1.165) is 44.8 Å². The molecule has 0 amide bonds. The molecule has 0 aliphatic rings. The van der Waals surface area contributed by atoms with E-state index in [1.165, 1.54) is 10.8 Å². The molecule has 0 saturated heterocycles. The summed E-state index contributed by atoms with van der Waals surface area (Å²) in [6, 6.07) is 49.1. The van der Waals surface area contributed by atoms with Crippen LogP contribution in [0.5, 0.6) is 11.5 Å². The third-order valence-corrected chi connectivity index (χ3v) is 9.86. The van der Waals surface area contributed by atoms with Gasteiger partial charge in [0.25, 0.3) is 0 Å². The van der Waals surface area contributed by atoms with Gasteiger partial charge in [0.05, 0.1) is 28.5 Å². The average Bonchev–Trinajstić information content (AvgIpc) is 3.27. The Labute approximate surface area is 339 Å². The number of aromatic nitrogens is 4. The van der Waals surface area contributed by atoms with Crippen LogP contribution in [0.2, 0.25) is 0 Å². The van der Waals surface area contributed by atoms with Gasteiger partial charge in [0.1, 0.15) is 13.2 Å². The predicted molar refractivity (Wildman–Crippen MR) is 231 cm³/mol. The van der Waals surface area contributed by atoms with Gasteiger partial charge in [-0.2, -0.15) is 0 Å². The van der Waals surface area contributed by atoms with Crippen molar-refractivity contribution >= 4 is 33.4 Å². The van der Waals surface area contributed by atoms with Gasteiger partial charge in [-0.25, -0.2) is 0 Å². The number of hydrogen-bond donors (Lipinski definition) is 0. The van der Waals surface area contributed by atoms with E-state index in [-0.39, 0.29) is 0 Å². The maximum atomic E-state index is 6.61. The fourth-order valence-corrected chi connectivity index (χ4v) is 7.02. The third kappa shape index (κ3) is 10.3. The molecule has 0 spiro atoms. The minimum atomic E-state index is 0.419. The van der Waals surface area contributed by atoms with Crippen LogP contribution < -0.4 is 9.47 Å². The molecular weight excluding hydrogens is 719 g/mol. The molecule has 58 heavy (non-hydrogen) atoms. The van der Waals surface area contributed by atoms with Crippen molar-refractivity contribution in [1.82, 2.24) is 29.7 Å². The van der Waals surface area contributed by atoms with Gasteiger partial charge < -0.3 is 9.47 Å². The summed E-state index contributed by atoms with van der Waals surface area (Å²) in [5.41, 5.74) is 5.80. The van der Waals surface area contributed by atoms with Crippen LogP contribution in [-0.4, -0.2) is 62.3 Å². The lowest BCUT2D eigenvalue weighted by molar-refractivity contribution is 0.175. The first-order chi connectivity index (χ1) is 28.7. The van der Waals surface area contributed by atoms with E-state index in [0.29, 0.717) is 64.0 Å². The number of ether oxygens (including phenoxy) is 2. The zero-order chi connectivity index (χ0) is 39.2. The van der Waals surface area contributed by atoms with E-state index in [9.17, 15) is 0 Å². The molecule has 0 N–H and O–H groups in total. The zero-order valence-electron chi connectivity index (χ0n) is 32.3. The lowest BCUT2D eigenvalue weighted by Crippen LogP contribution is -2.29. The van der Waals surface area contributed by atoms with Gasteiger partial charge >= 0.3 is 0 Å². The van der Waals surface area contributed by atoms with Crippen molar-refractivity contribution in [3.8, 4) is 11.5 Å². The Bertz CT molecular complexity index is 2400. The van der Waals surface area contributed by atoms with Crippen LogP contribution in [0, 0.1) is 0 Å². The summed E-state index contributed by atoms with van der Waals surface area (Å²) in [7, 11) is 0. The van der Waals surface area contributed by atoms with Gasteiger partial charge in [-0.3, -0.25) is 34.7 Å². The molecule has 0 saturated carbocycles. The van der Waals surface area contributed by atoms with E-state index in [2.05, 4.69) is 84.3 Å². The molecule has 0 aliphatic carbocycles. The molecule has 8 aromatic rings. The van der Waals surface area contributed by atoms with Crippen LogP contribution in [-0.2, 0) is 26.2 Å². The molecule has 9 nitrogen and oxygen atoms in total. The second-order valence-corrected chi connectivity index (χ2v) is 14.0. The number of hydrogen-bond acceptors (Lipinski definition) is 9. The summed E-state index contributed by atoms with van der Waals surface area (Å²) in [5.74, 6) is 1.29. The maximum absolute atomic E-state index is 6.61. The second-order valence-electron chi connectivity index (χ2n) is 14.0. The minimum absolute atomic E-state index is 0.419. The lowest BCUT2D eigenvalue weighted by Gasteiger charge is -2.23. The van der Waals surface area contributed by atoms with Gasteiger partial charge in [0, 0.05) is 81.9 Å². The Hall–Kier alpha value is -6.81. The standard InChI is InChI=1S/C49H45N7O2/c1-3-19-45-38(13-1)31-39-14-2-4-20-46(39)47(45)33-54-40-21-22-48(57-29-27-55(34-41-15-5-9-23-50-41)35-42-16-6-10-24-51-42)49(32-40)58-30-28-56(36-43-17-7-11-25-52-43)37-44-18-8-12-26-53-44/h1-26,31-33H,27-30,34-37H2. The highest BCUT2D eigenvalue weighted by Gasteiger charge is 2.14. The van der Waals surface area contributed by atoms with Crippen molar-refractivity contribution < 1.29 is 9.47 Å². The number of benzene rings is 4. The van der Waals surface area contributed by atoms with Crippen molar-refractivity contribution in [2.45, 2.75) is 26.2 Å². The fraction of sp³-hybridized carbons (Fsp3) is 0.163. The molecule has 0 fully saturated rings. The Morgan fingerprint density at radius 1 is 0.448 bits per heavy atom. The highest BCUT2D eigenvalue weighted by molar-refractivity contribution is 6.13. The molecule has 0 unspecified atom stereocenters. The van der Waals surface area contributed by atoms with Gasteiger partial charge in [-0.15, -0.1) is 0 Å². The topological polar surface area (TPSA) is 88.9 Å². The van der Waals surface area contributed by atoms with E-state index in [4.69, 9.17) is 14.5 Å². The molecule has 0 bridgehead atoms. The van der Waals surface area contributed by atoms with Crippen molar-refractivity contribution in [2.75, 3.05) is 26.3 Å². The number of pyridine rings is 4. The first-order valence-electron chi connectivity index (χ1n) is 19.6. The van der Waals surface area contributed by atoms with Gasteiger partial charge in [0.2, 0.25) is 0 Å². The second kappa shape index (κ2) is 19.4. The van der Waals surface area contributed by atoms with Crippen LogP contribution >= 0.6 is 0 Å². The summed E-state index contributed by atoms with van der Waals surface area (Å²) in [6.07, 6.45) is 9.29. The molecule has 0 radical (unpaired) electrons. The predicted octanol–water partition coefficient (Wildman–Crippen LogP) is 9.49. The van der Waals surface area contributed by atoms with Gasteiger partial charge in [0.15, 0.2) is 11.5 Å². The molecule has 8 rings (SSSR count). The highest BCUT2D eigenvalue weighted by atomic mass is 16.5. The SMILES string of the molecule is C(=Nc1ccc(OCCN(Cc2ccccn2)Cc2ccccn2)c(OCCN(Cc2ccccn2)Cc2ccccn2)c1)c1c2ccccc2cc2ccccc12. The van der Waals surface area contributed by atoms with Crippen molar-refractivity contribution in [3.05, 3.63) is 199 Å². The minimum Gasteiger partial charge on any atom is -0.488 e. The van der Waals surface area contributed by atoms with Crippen LogP contribution in [0.15, 0.2) is 175 Å². The molecule has 288 valence electrons. The summed E-state index contributed by atoms with van der Waals surface area (Å²) < 4.78 is 13.1. The van der Waals surface area contributed by atoms with Gasteiger partial charge in [-0.05, 0) is 88.3 Å². The fourth-order valence-electron chi connectivity index (χ4n) is 7.02. The van der Waals surface area contributed by atoms with Crippen LogP contribution in [0.3, 0.4) is 0 Å². The first kappa shape index (κ1) is 38.1. The number of nitrogens with zero attached hydrogens (tertiary/aromatic N) is 7. The summed E-state index contributed by atoms with van der Waals surface area (Å²) in [4.78, 5) is 27.9. The Kier molecular flexibility index (Phi) is 12.7. The molecule has 0 aliphatic heterocycles.